The van der Waals surface area contributed by atoms with E-state index in [4.69, 9.17) is 0 Å². The molecule has 2 aromatic rings. The molecule has 7 nitrogen and oxygen atoms in total. The highest BCUT2D eigenvalue weighted by Gasteiger charge is 2.18. The van der Waals surface area contributed by atoms with Crippen LogP contribution >= 0.6 is 0 Å². The standard InChI is InChI=1S/C18H20N2O5S/c1-3-16(13-8-10-15(11-9-13)26(2,24)25)19-18(21)12-14-6-4-5-7-17(14)20(22)23/h4-11,16H,3,12H2,1-2H3,(H,19,21)/t16-/m0/s1. The highest BCUT2D eigenvalue weighted by Crippen LogP contribution is 2.21. The molecular formula is C18H20N2O5S. The molecule has 0 aliphatic carbocycles. The first-order valence-electron chi connectivity index (χ1n) is 8.04. The molecule has 138 valence electrons. The van der Waals surface area contributed by atoms with Gasteiger partial charge in [0.15, 0.2) is 9.84 Å². The molecule has 2 aromatic carbocycles. The molecule has 1 N–H and O–H groups in total. The molecule has 2 rings (SSSR count). The van der Waals surface area contributed by atoms with Gasteiger partial charge in [-0.25, -0.2) is 8.42 Å². The van der Waals surface area contributed by atoms with Gasteiger partial charge in [-0.3, -0.25) is 14.9 Å². The van der Waals surface area contributed by atoms with Crippen molar-refractivity contribution >= 4 is 21.4 Å². The van der Waals surface area contributed by atoms with Crippen molar-refractivity contribution in [2.75, 3.05) is 6.26 Å². The number of sulfone groups is 1. The lowest BCUT2D eigenvalue weighted by Gasteiger charge is -2.18. The van der Waals surface area contributed by atoms with Crippen LogP contribution in [0.5, 0.6) is 0 Å². The van der Waals surface area contributed by atoms with E-state index in [0.717, 1.165) is 11.8 Å². The molecule has 26 heavy (non-hydrogen) atoms. The molecular weight excluding hydrogens is 356 g/mol. The van der Waals surface area contributed by atoms with Crippen molar-refractivity contribution < 1.29 is 18.1 Å². The third-order valence-electron chi connectivity index (χ3n) is 3.99. The van der Waals surface area contributed by atoms with Gasteiger partial charge < -0.3 is 5.32 Å². The zero-order valence-corrected chi connectivity index (χ0v) is 15.3. The number of carbonyl (C=O) groups is 1. The number of carbonyl (C=O) groups excluding carboxylic acids is 1. The van der Waals surface area contributed by atoms with E-state index in [2.05, 4.69) is 5.32 Å². The summed E-state index contributed by atoms with van der Waals surface area (Å²) in [7, 11) is -3.28. The second-order valence-corrected chi connectivity index (χ2v) is 7.95. The van der Waals surface area contributed by atoms with Gasteiger partial charge in [0, 0.05) is 17.9 Å². The lowest BCUT2D eigenvalue weighted by Crippen LogP contribution is -2.29. The molecule has 0 aromatic heterocycles. The highest BCUT2D eigenvalue weighted by atomic mass is 32.2. The second-order valence-electron chi connectivity index (χ2n) is 5.93. The number of nitro groups is 1. The number of para-hydroxylation sites is 1. The van der Waals surface area contributed by atoms with Gasteiger partial charge in [0.05, 0.1) is 22.3 Å². The highest BCUT2D eigenvalue weighted by molar-refractivity contribution is 7.90. The van der Waals surface area contributed by atoms with Crippen molar-refractivity contribution in [3.05, 3.63) is 69.8 Å². The largest absolute Gasteiger partial charge is 0.349 e. The van der Waals surface area contributed by atoms with Crippen molar-refractivity contribution in [2.24, 2.45) is 0 Å². The Balaban J connectivity index is 2.13. The summed E-state index contributed by atoms with van der Waals surface area (Å²) < 4.78 is 23.1. The van der Waals surface area contributed by atoms with Crippen LogP contribution in [-0.4, -0.2) is 25.5 Å². The van der Waals surface area contributed by atoms with Gasteiger partial charge in [-0.15, -0.1) is 0 Å². The fourth-order valence-corrected chi connectivity index (χ4v) is 3.26. The Morgan fingerprint density at radius 2 is 1.77 bits per heavy atom. The molecule has 1 amide bonds. The third-order valence-corrected chi connectivity index (χ3v) is 5.12. The summed E-state index contributed by atoms with van der Waals surface area (Å²) in [5, 5.41) is 13.9. The molecule has 0 saturated carbocycles. The topological polar surface area (TPSA) is 106 Å². The van der Waals surface area contributed by atoms with E-state index in [1.165, 1.54) is 18.2 Å². The number of nitro benzene ring substituents is 1. The summed E-state index contributed by atoms with van der Waals surface area (Å²) in [5.41, 5.74) is 1.03. The summed E-state index contributed by atoms with van der Waals surface area (Å²) >= 11 is 0. The molecule has 0 fully saturated rings. The van der Waals surface area contributed by atoms with Crippen LogP contribution in [0.2, 0.25) is 0 Å². The van der Waals surface area contributed by atoms with Crippen molar-refractivity contribution in [3.8, 4) is 0 Å². The molecule has 0 spiro atoms. The molecule has 1 atom stereocenters. The first-order valence-corrected chi connectivity index (χ1v) is 9.93. The van der Waals surface area contributed by atoms with E-state index < -0.39 is 14.8 Å². The van der Waals surface area contributed by atoms with Gasteiger partial charge in [0.25, 0.3) is 5.69 Å². The number of rotatable bonds is 7. The lowest BCUT2D eigenvalue weighted by molar-refractivity contribution is -0.385. The van der Waals surface area contributed by atoms with Crippen LogP contribution in [0.25, 0.3) is 0 Å². The summed E-state index contributed by atoms with van der Waals surface area (Å²) in [6.07, 6.45) is 1.63. The number of hydrogen-bond donors (Lipinski definition) is 1. The number of nitrogens with zero attached hydrogens (tertiary/aromatic N) is 1. The molecule has 0 heterocycles. The van der Waals surface area contributed by atoms with Gasteiger partial charge in [0.2, 0.25) is 5.91 Å². The van der Waals surface area contributed by atoms with E-state index in [1.54, 1.807) is 30.3 Å². The first kappa shape index (κ1) is 19.6. The normalized spacial score (nSPS) is 12.4. The van der Waals surface area contributed by atoms with E-state index in [-0.39, 0.29) is 29.0 Å². The van der Waals surface area contributed by atoms with E-state index >= 15 is 0 Å². The Labute approximate surface area is 152 Å². The Bertz CT molecular complexity index is 907. The number of hydrogen-bond acceptors (Lipinski definition) is 5. The third kappa shape index (κ3) is 4.89. The van der Waals surface area contributed by atoms with Gasteiger partial charge in [-0.2, -0.15) is 0 Å². The van der Waals surface area contributed by atoms with Crippen molar-refractivity contribution in [2.45, 2.75) is 30.7 Å². The van der Waals surface area contributed by atoms with E-state index in [1.807, 2.05) is 6.92 Å². The van der Waals surface area contributed by atoms with Gasteiger partial charge in [-0.05, 0) is 24.1 Å². The summed E-state index contributed by atoms with van der Waals surface area (Å²) in [4.78, 5) is 23.1. The molecule has 8 heteroatoms. The zero-order valence-electron chi connectivity index (χ0n) is 14.5. The van der Waals surface area contributed by atoms with Crippen LogP contribution < -0.4 is 5.32 Å². The summed E-state index contributed by atoms with van der Waals surface area (Å²) in [6, 6.07) is 12.1. The minimum atomic E-state index is -3.28. The second kappa shape index (κ2) is 8.09. The molecule has 0 bridgehead atoms. The molecule has 0 unspecified atom stereocenters. The fraction of sp³-hybridized carbons (Fsp3) is 0.278. The van der Waals surface area contributed by atoms with Crippen molar-refractivity contribution in [1.29, 1.82) is 0 Å². The zero-order chi connectivity index (χ0) is 19.3. The monoisotopic (exact) mass is 376 g/mol. The van der Waals surface area contributed by atoms with Gasteiger partial charge in [-0.1, -0.05) is 37.3 Å². The average Bonchev–Trinajstić information content (AvgIpc) is 2.59. The predicted octanol–water partition coefficient (Wildman–Crippen LogP) is 2.81. The lowest BCUT2D eigenvalue weighted by atomic mass is 10.0. The van der Waals surface area contributed by atoms with Crippen LogP contribution in [-0.2, 0) is 21.1 Å². The van der Waals surface area contributed by atoms with Crippen molar-refractivity contribution in [3.63, 3.8) is 0 Å². The van der Waals surface area contributed by atoms with E-state index in [0.29, 0.717) is 12.0 Å². The van der Waals surface area contributed by atoms with Crippen LogP contribution in [0.1, 0.15) is 30.5 Å². The maximum Gasteiger partial charge on any atom is 0.273 e. The van der Waals surface area contributed by atoms with Gasteiger partial charge in [0.1, 0.15) is 0 Å². The van der Waals surface area contributed by atoms with Crippen LogP contribution in [0.15, 0.2) is 53.4 Å². The maximum atomic E-state index is 12.3. The van der Waals surface area contributed by atoms with Crippen LogP contribution in [0, 0.1) is 10.1 Å². The molecule has 0 saturated heterocycles. The maximum absolute atomic E-state index is 12.3. The van der Waals surface area contributed by atoms with Crippen molar-refractivity contribution in [1.82, 2.24) is 5.32 Å². The summed E-state index contributed by atoms with van der Waals surface area (Å²) in [5.74, 6) is -0.335. The average molecular weight is 376 g/mol. The number of benzene rings is 2. The minimum Gasteiger partial charge on any atom is -0.349 e. The smallest absolute Gasteiger partial charge is 0.273 e. The number of amides is 1. The Hall–Kier alpha value is -2.74. The Morgan fingerprint density at radius 1 is 1.15 bits per heavy atom. The minimum absolute atomic E-state index is 0.0896. The molecule has 0 aliphatic heterocycles. The Kier molecular flexibility index (Phi) is 6.10. The van der Waals surface area contributed by atoms with Crippen LogP contribution in [0.3, 0.4) is 0 Å². The summed E-state index contributed by atoms with van der Waals surface area (Å²) in [6.45, 7) is 1.89. The molecule has 0 aliphatic rings. The molecule has 0 radical (unpaired) electrons. The Morgan fingerprint density at radius 3 is 2.31 bits per heavy atom. The fourth-order valence-electron chi connectivity index (χ4n) is 2.63. The van der Waals surface area contributed by atoms with E-state index in [9.17, 15) is 23.3 Å². The SMILES string of the molecule is CC[C@H](NC(=O)Cc1ccccc1[N+](=O)[O-])c1ccc(S(C)(=O)=O)cc1. The van der Waals surface area contributed by atoms with Gasteiger partial charge >= 0.3 is 0 Å². The first-order chi connectivity index (χ1) is 12.2. The van der Waals surface area contributed by atoms with Crippen LogP contribution in [0.4, 0.5) is 5.69 Å². The predicted molar refractivity (Wildman–Crippen MR) is 97.5 cm³/mol. The number of nitrogens with one attached hydrogen (secondary N) is 1. The quantitative estimate of drug-likeness (QED) is 0.591.